The van der Waals surface area contributed by atoms with Gasteiger partial charge in [-0.3, -0.25) is 4.79 Å². The molecule has 0 aliphatic carbocycles. The average Bonchev–Trinajstić information content (AvgIpc) is 3.14. The lowest BCUT2D eigenvalue weighted by Crippen LogP contribution is -2.13. The van der Waals surface area contributed by atoms with Crippen LogP contribution in [0, 0.1) is 0 Å². The number of fused-ring (bicyclic) bond motifs is 1. The molecule has 1 aliphatic rings. The van der Waals surface area contributed by atoms with Crippen LogP contribution in [0.25, 0.3) is 17.1 Å². The predicted molar refractivity (Wildman–Crippen MR) is 85.2 cm³/mol. The summed E-state index contributed by atoms with van der Waals surface area (Å²) < 4.78 is 0. The molecule has 0 spiro atoms. The van der Waals surface area contributed by atoms with Crippen LogP contribution in [0.1, 0.15) is 11.1 Å². The monoisotopic (exact) mass is 288 g/mol. The van der Waals surface area contributed by atoms with E-state index in [0.717, 1.165) is 22.2 Å². The Morgan fingerprint density at radius 1 is 1.05 bits per heavy atom. The van der Waals surface area contributed by atoms with Gasteiger partial charge in [0.25, 0.3) is 5.91 Å². The molecule has 3 aromatic rings. The number of hydrogen-bond donors (Lipinski definition) is 2. The summed E-state index contributed by atoms with van der Waals surface area (Å²) in [7, 11) is 0. The van der Waals surface area contributed by atoms with Gasteiger partial charge in [0.15, 0.2) is 0 Å². The predicted octanol–water partition coefficient (Wildman–Crippen LogP) is 2.48. The summed E-state index contributed by atoms with van der Waals surface area (Å²) in [5, 5.41) is 5.13. The van der Waals surface area contributed by atoms with Crippen LogP contribution in [-0.2, 0) is 4.79 Å². The molecular weight excluding hydrogens is 276 g/mol. The van der Waals surface area contributed by atoms with Crippen LogP contribution in [-0.4, -0.2) is 21.6 Å². The summed E-state index contributed by atoms with van der Waals surface area (Å²) in [6.07, 6.45) is 5.42. The Balaban J connectivity index is 1.83. The molecule has 0 fully saturated rings. The molecule has 2 aromatic heterocycles. The molecule has 22 heavy (non-hydrogen) atoms. The summed E-state index contributed by atoms with van der Waals surface area (Å²) in [6.45, 7) is 0. The molecule has 4 rings (SSSR count). The van der Waals surface area contributed by atoms with Crippen molar-refractivity contribution in [3.63, 3.8) is 0 Å². The molecule has 0 radical (unpaired) electrons. The molecular formula is C17H12N4O. The minimum absolute atomic E-state index is 0.197. The Morgan fingerprint density at radius 3 is 2.77 bits per heavy atom. The van der Waals surface area contributed by atoms with Crippen molar-refractivity contribution < 1.29 is 4.79 Å². The van der Waals surface area contributed by atoms with E-state index in [0.29, 0.717) is 11.3 Å². The SMILES string of the molecule is O=C1NN=C(c2ccccc2)C1=Cc1c[nH]c2ncccc12. The van der Waals surface area contributed by atoms with Crippen LogP contribution < -0.4 is 5.43 Å². The molecule has 1 amide bonds. The van der Waals surface area contributed by atoms with Crippen molar-refractivity contribution in [3.05, 3.63) is 71.6 Å². The van der Waals surface area contributed by atoms with E-state index >= 15 is 0 Å². The van der Waals surface area contributed by atoms with Gasteiger partial charge in [0.2, 0.25) is 0 Å². The molecule has 2 N–H and O–H groups in total. The zero-order valence-electron chi connectivity index (χ0n) is 11.6. The quantitative estimate of drug-likeness (QED) is 0.711. The second-order valence-electron chi connectivity index (χ2n) is 4.97. The van der Waals surface area contributed by atoms with E-state index in [4.69, 9.17) is 0 Å². The van der Waals surface area contributed by atoms with E-state index in [-0.39, 0.29) is 5.91 Å². The van der Waals surface area contributed by atoms with Crippen LogP contribution in [0.5, 0.6) is 0 Å². The Hall–Kier alpha value is -3.21. The highest BCUT2D eigenvalue weighted by Crippen LogP contribution is 2.22. The number of H-pyrrole nitrogens is 1. The van der Waals surface area contributed by atoms with Gasteiger partial charge in [-0.2, -0.15) is 5.10 Å². The average molecular weight is 288 g/mol. The van der Waals surface area contributed by atoms with Gasteiger partial charge in [-0.25, -0.2) is 10.4 Å². The fourth-order valence-corrected chi connectivity index (χ4v) is 2.54. The minimum Gasteiger partial charge on any atom is -0.346 e. The number of aromatic nitrogens is 2. The van der Waals surface area contributed by atoms with Crippen molar-refractivity contribution in [1.82, 2.24) is 15.4 Å². The van der Waals surface area contributed by atoms with Gasteiger partial charge in [0, 0.05) is 28.9 Å². The Morgan fingerprint density at radius 2 is 1.91 bits per heavy atom. The lowest BCUT2D eigenvalue weighted by Gasteiger charge is -2.01. The lowest BCUT2D eigenvalue weighted by molar-refractivity contribution is -0.116. The number of hydrazone groups is 1. The third-order valence-electron chi connectivity index (χ3n) is 3.60. The van der Waals surface area contributed by atoms with Gasteiger partial charge in [-0.05, 0) is 18.2 Å². The number of rotatable bonds is 2. The van der Waals surface area contributed by atoms with Gasteiger partial charge < -0.3 is 4.98 Å². The van der Waals surface area contributed by atoms with Gasteiger partial charge in [-0.1, -0.05) is 30.3 Å². The first-order valence-corrected chi connectivity index (χ1v) is 6.90. The number of benzene rings is 1. The van der Waals surface area contributed by atoms with Crippen molar-refractivity contribution in [3.8, 4) is 0 Å². The smallest absolute Gasteiger partial charge is 0.273 e. The molecule has 0 saturated heterocycles. The summed E-state index contributed by atoms with van der Waals surface area (Å²) in [5.74, 6) is -0.197. The number of amides is 1. The Bertz CT molecular complexity index is 922. The molecule has 0 atom stereocenters. The van der Waals surface area contributed by atoms with E-state index in [2.05, 4.69) is 20.5 Å². The highest BCUT2D eigenvalue weighted by Gasteiger charge is 2.24. The van der Waals surface area contributed by atoms with E-state index in [1.54, 1.807) is 6.20 Å². The number of carbonyl (C=O) groups is 1. The van der Waals surface area contributed by atoms with Crippen LogP contribution in [0.3, 0.4) is 0 Å². The number of nitrogens with one attached hydrogen (secondary N) is 2. The standard InChI is InChI=1S/C17H12N4O/c22-17-14(15(20-21-17)11-5-2-1-3-6-11)9-12-10-19-16-13(12)7-4-8-18-16/h1-10H,(H,18,19)(H,21,22). The molecule has 106 valence electrons. The molecule has 1 aliphatic heterocycles. The summed E-state index contributed by atoms with van der Waals surface area (Å²) >= 11 is 0. The largest absolute Gasteiger partial charge is 0.346 e. The fourth-order valence-electron chi connectivity index (χ4n) is 2.54. The maximum atomic E-state index is 12.1. The zero-order chi connectivity index (χ0) is 14.9. The van der Waals surface area contributed by atoms with E-state index < -0.39 is 0 Å². The van der Waals surface area contributed by atoms with Gasteiger partial charge in [-0.15, -0.1) is 0 Å². The summed E-state index contributed by atoms with van der Waals surface area (Å²) in [4.78, 5) is 19.5. The molecule has 5 nitrogen and oxygen atoms in total. The normalized spacial score (nSPS) is 16.1. The molecule has 5 heteroatoms. The van der Waals surface area contributed by atoms with Crippen LogP contribution >= 0.6 is 0 Å². The highest BCUT2D eigenvalue weighted by atomic mass is 16.2. The van der Waals surface area contributed by atoms with Crippen LogP contribution in [0.2, 0.25) is 0 Å². The first-order chi connectivity index (χ1) is 10.8. The molecule has 1 aromatic carbocycles. The number of aromatic amines is 1. The second kappa shape index (κ2) is 4.96. The van der Waals surface area contributed by atoms with Gasteiger partial charge in [0.05, 0.1) is 5.57 Å². The first-order valence-electron chi connectivity index (χ1n) is 6.90. The number of pyridine rings is 1. The Kier molecular flexibility index (Phi) is 2.83. The number of nitrogens with zero attached hydrogens (tertiary/aromatic N) is 2. The molecule has 0 unspecified atom stereocenters. The highest BCUT2D eigenvalue weighted by molar-refractivity contribution is 6.33. The van der Waals surface area contributed by atoms with Crippen molar-refractivity contribution >= 4 is 28.7 Å². The van der Waals surface area contributed by atoms with E-state index in [1.165, 1.54) is 0 Å². The molecule has 0 bridgehead atoms. The third-order valence-corrected chi connectivity index (χ3v) is 3.60. The number of hydrogen-bond acceptors (Lipinski definition) is 3. The zero-order valence-corrected chi connectivity index (χ0v) is 11.6. The second-order valence-corrected chi connectivity index (χ2v) is 4.97. The number of carbonyl (C=O) groups excluding carboxylic acids is 1. The lowest BCUT2D eigenvalue weighted by atomic mass is 10.0. The van der Waals surface area contributed by atoms with Crippen molar-refractivity contribution in [2.24, 2.45) is 5.10 Å². The topological polar surface area (TPSA) is 70.1 Å². The van der Waals surface area contributed by atoms with Crippen LogP contribution in [0.4, 0.5) is 0 Å². The van der Waals surface area contributed by atoms with Crippen molar-refractivity contribution in [2.75, 3.05) is 0 Å². The van der Waals surface area contributed by atoms with Crippen molar-refractivity contribution in [1.29, 1.82) is 0 Å². The minimum atomic E-state index is -0.197. The molecule has 0 saturated carbocycles. The van der Waals surface area contributed by atoms with E-state index in [9.17, 15) is 4.79 Å². The first kappa shape index (κ1) is 12.5. The maximum absolute atomic E-state index is 12.1. The van der Waals surface area contributed by atoms with Crippen LogP contribution in [0.15, 0.2) is 65.5 Å². The summed E-state index contributed by atoms with van der Waals surface area (Å²) in [6, 6.07) is 13.5. The fraction of sp³-hybridized carbons (Fsp3) is 0. The maximum Gasteiger partial charge on any atom is 0.273 e. The van der Waals surface area contributed by atoms with E-state index in [1.807, 2.05) is 54.7 Å². The third kappa shape index (κ3) is 2.00. The molecule has 3 heterocycles. The van der Waals surface area contributed by atoms with Crippen molar-refractivity contribution in [2.45, 2.75) is 0 Å². The summed E-state index contributed by atoms with van der Waals surface area (Å²) in [5.41, 5.74) is 6.36. The Labute approximate surface area is 126 Å². The van der Waals surface area contributed by atoms with Gasteiger partial charge in [0.1, 0.15) is 11.4 Å². The van der Waals surface area contributed by atoms with Gasteiger partial charge >= 0.3 is 0 Å².